The second kappa shape index (κ2) is 9.03. The molecule has 1 aliphatic heterocycles. The summed E-state index contributed by atoms with van der Waals surface area (Å²) in [6, 6.07) is 2.08. The minimum Gasteiger partial charge on any atom is -0.341 e. The zero-order chi connectivity index (χ0) is 13.7. The highest BCUT2D eigenvalue weighted by atomic mass is 79.9. The molecule has 1 aromatic heterocycles. The van der Waals surface area contributed by atoms with E-state index in [9.17, 15) is 4.79 Å². The van der Waals surface area contributed by atoms with Crippen molar-refractivity contribution in [3.8, 4) is 0 Å². The van der Waals surface area contributed by atoms with Crippen molar-refractivity contribution in [1.29, 1.82) is 0 Å². The molecular formula is C14H22BrClN2OS. The van der Waals surface area contributed by atoms with Crippen molar-refractivity contribution < 1.29 is 4.79 Å². The number of amides is 1. The summed E-state index contributed by atoms with van der Waals surface area (Å²) < 4.78 is 1.12. The van der Waals surface area contributed by atoms with E-state index < -0.39 is 0 Å². The van der Waals surface area contributed by atoms with E-state index in [4.69, 9.17) is 0 Å². The zero-order valence-corrected chi connectivity index (χ0v) is 15.0. The van der Waals surface area contributed by atoms with E-state index >= 15 is 0 Å². The highest BCUT2D eigenvalue weighted by Crippen LogP contribution is 2.22. The monoisotopic (exact) mass is 380 g/mol. The molecule has 0 radical (unpaired) electrons. The molecule has 1 aromatic rings. The van der Waals surface area contributed by atoms with Crippen molar-refractivity contribution >= 4 is 45.6 Å². The van der Waals surface area contributed by atoms with Gasteiger partial charge in [0.2, 0.25) is 5.91 Å². The second-order valence-corrected chi connectivity index (χ2v) is 7.53. The van der Waals surface area contributed by atoms with Crippen molar-refractivity contribution in [3.63, 3.8) is 0 Å². The van der Waals surface area contributed by atoms with Gasteiger partial charge in [-0.15, -0.1) is 23.7 Å². The number of halogens is 2. The molecule has 1 N–H and O–H groups in total. The minimum atomic E-state index is 0. The lowest BCUT2D eigenvalue weighted by molar-refractivity contribution is -0.130. The van der Waals surface area contributed by atoms with Gasteiger partial charge in [0, 0.05) is 20.0 Å². The van der Waals surface area contributed by atoms with E-state index in [1.807, 2.05) is 11.9 Å². The van der Waals surface area contributed by atoms with Crippen LogP contribution in [0.4, 0.5) is 0 Å². The summed E-state index contributed by atoms with van der Waals surface area (Å²) in [5.74, 6) is 0.995. The first-order valence-corrected chi connectivity index (χ1v) is 8.50. The van der Waals surface area contributed by atoms with E-state index in [0.717, 1.165) is 29.2 Å². The van der Waals surface area contributed by atoms with Crippen molar-refractivity contribution in [2.45, 2.75) is 32.2 Å². The van der Waals surface area contributed by atoms with E-state index in [1.54, 1.807) is 11.3 Å². The van der Waals surface area contributed by atoms with Gasteiger partial charge in [-0.1, -0.05) is 0 Å². The number of carbonyl (C=O) groups is 1. The molecule has 2 rings (SSSR count). The van der Waals surface area contributed by atoms with Gasteiger partial charge in [-0.2, -0.15) is 0 Å². The summed E-state index contributed by atoms with van der Waals surface area (Å²) in [6.07, 6.45) is 4.16. The first kappa shape index (κ1) is 18.0. The summed E-state index contributed by atoms with van der Waals surface area (Å²) in [7, 11) is 1.90. The Labute approximate surface area is 139 Å². The molecule has 0 spiro atoms. The van der Waals surface area contributed by atoms with Gasteiger partial charge in [0.1, 0.15) is 0 Å². The van der Waals surface area contributed by atoms with Crippen molar-refractivity contribution in [1.82, 2.24) is 10.2 Å². The average Bonchev–Trinajstić information content (AvgIpc) is 2.82. The number of nitrogens with zero attached hydrogens (tertiary/aromatic N) is 1. The van der Waals surface area contributed by atoms with Crippen LogP contribution in [0.15, 0.2) is 15.2 Å². The molecule has 6 heteroatoms. The van der Waals surface area contributed by atoms with Crippen LogP contribution in [0.5, 0.6) is 0 Å². The molecule has 0 atom stereocenters. The number of rotatable bonds is 5. The Hall–Kier alpha value is -0.100. The Balaban J connectivity index is 0.00000200. The molecule has 20 heavy (non-hydrogen) atoms. The third-order valence-electron chi connectivity index (χ3n) is 3.69. The molecule has 0 aromatic carbocycles. The third kappa shape index (κ3) is 5.72. The largest absolute Gasteiger partial charge is 0.341 e. The van der Waals surface area contributed by atoms with Crippen LogP contribution in [0.25, 0.3) is 0 Å². The van der Waals surface area contributed by atoms with E-state index in [1.165, 1.54) is 18.4 Å². The molecule has 1 fully saturated rings. The van der Waals surface area contributed by atoms with Crippen LogP contribution in [0.2, 0.25) is 0 Å². The van der Waals surface area contributed by atoms with Crippen LogP contribution >= 0.6 is 39.7 Å². The van der Waals surface area contributed by atoms with Crippen molar-refractivity contribution in [2.24, 2.45) is 5.92 Å². The number of nitrogens with one attached hydrogen (secondary N) is 1. The first-order valence-electron chi connectivity index (χ1n) is 6.82. The number of hydrogen-bond donors (Lipinski definition) is 1. The van der Waals surface area contributed by atoms with Gasteiger partial charge in [-0.05, 0) is 71.2 Å². The summed E-state index contributed by atoms with van der Waals surface area (Å²) in [5.41, 5.74) is 1.20. The Bertz CT molecular complexity index is 421. The Morgan fingerprint density at radius 2 is 2.20 bits per heavy atom. The van der Waals surface area contributed by atoms with E-state index in [2.05, 4.69) is 32.7 Å². The molecule has 0 unspecified atom stereocenters. The molecule has 2 heterocycles. The third-order valence-corrected chi connectivity index (χ3v) is 5.25. The molecule has 0 aliphatic carbocycles. The summed E-state index contributed by atoms with van der Waals surface area (Å²) in [6.45, 7) is 2.93. The van der Waals surface area contributed by atoms with Gasteiger partial charge >= 0.3 is 0 Å². The van der Waals surface area contributed by atoms with Crippen molar-refractivity contribution in [2.75, 3.05) is 20.1 Å². The van der Waals surface area contributed by atoms with Crippen LogP contribution in [-0.4, -0.2) is 30.9 Å². The molecule has 1 aliphatic rings. The van der Waals surface area contributed by atoms with Gasteiger partial charge in [0.25, 0.3) is 0 Å². The van der Waals surface area contributed by atoms with Gasteiger partial charge in [0.15, 0.2) is 0 Å². The Morgan fingerprint density at radius 3 is 2.80 bits per heavy atom. The number of thiophene rings is 1. The lowest BCUT2D eigenvalue weighted by atomic mass is 9.93. The lowest BCUT2D eigenvalue weighted by Crippen LogP contribution is -2.30. The lowest BCUT2D eigenvalue weighted by Gasteiger charge is -2.23. The summed E-state index contributed by atoms with van der Waals surface area (Å²) in [4.78, 5) is 13.9. The van der Waals surface area contributed by atoms with E-state index in [0.29, 0.717) is 13.0 Å². The average molecular weight is 382 g/mol. The summed E-state index contributed by atoms with van der Waals surface area (Å²) >= 11 is 5.12. The van der Waals surface area contributed by atoms with Gasteiger partial charge in [0.05, 0.1) is 3.79 Å². The number of carbonyl (C=O) groups excluding carboxylic acids is 1. The van der Waals surface area contributed by atoms with Gasteiger partial charge < -0.3 is 10.2 Å². The maximum atomic E-state index is 12.1. The van der Waals surface area contributed by atoms with Crippen LogP contribution in [0, 0.1) is 5.92 Å². The minimum absolute atomic E-state index is 0. The highest BCUT2D eigenvalue weighted by molar-refractivity contribution is 9.11. The standard InChI is InChI=1S/C14H21BrN2OS.ClH/c1-17(9-12-8-13(15)19-10-12)14(18)3-2-11-4-6-16-7-5-11;/h8,10-11,16H,2-7,9H2,1H3;1H. The predicted molar refractivity (Wildman–Crippen MR) is 90.6 cm³/mol. The predicted octanol–water partition coefficient (Wildman–Crippen LogP) is 3.67. The highest BCUT2D eigenvalue weighted by Gasteiger charge is 2.16. The van der Waals surface area contributed by atoms with Crippen LogP contribution in [0.3, 0.4) is 0 Å². The van der Waals surface area contributed by atoms with Crippen LogP contribution in [0.1, 0.15) is 31.2 Å². The molecular weight excluding hydrogens is 360 g/mol. The van der Waals surface area contributed by atoms with E-state index in [-0.39, 0.29) is 18.3 Å². The van der Waals surface area contributed by atoms with Crippen LogP contribution < -0.4 is 5.32 Å². The molecule has 0 saturated carbocycles. The van der Waals surface area contributed by atoms with Crippen molar-refractivity contribution in [3.05, 3.63) is 20.8 Å². The Morgan fingerprint density at radius 1 is 1.50 bits per heavy atom. The Kier molecular flexibility index (Phi) is 8.10. The fraction of sp³-hybridized carbons (Fsp3) is 0.643. The molecule has 0 bridgehead atoms. The second-order valence-electron chi connectivity index (χ2n) is 5.24. The fourth-order valence-corrected chi connectivity index (χ4v) is 3.68. The maximum Gasteiger partial charge on any atom is 0.222 e. The zero-order valence-electron chi connectivity index (χ0n) is 11.7. The fourth-order valence-electron chi connectivity index (χ4n) is 2.48. The number of hydrogen-bond acceptors (Lipinski definition) is 3. The topological polar surface area (TPSA) is 32.3 Å². The van der Waals surface area contributed by atoms with Crippen LogP contribution in [-0.2, 0) is 11.3 Å². The molecule has 114 valence electrons. The normalized spacial score (nSPS) is 15.7. The van der Waals surface area contributed by atoms with Gasteiger partial charge in [-0.3, -0.25) is 4.79 Å². The quantitative estimate of drug-likeness (QED) is 0.844. The van der Waals surface area contributed by atoms with Gasteiger partial charge in [-0.25, -0.2) is 0 Å². The SMILES string of the molecule is CN(Cc1csc(Br)c1)C(=O)CCC1CCNCC1.Cl. The number of piperidine rings is 1. The molecule has 3 nitrogen and oxygen atoms in total. The molecule has 1 amide bonds. The molecule has 1 saturated heterocycles. The summed E-state index contributed by atoms with van der Waals surface area (Å²) in [5, 5.41) is 5.46. The maximum absolute atomic E-state index is 12.1. The smallest absolute Gasteiger partial charge is 0.222 e. The first-order chi connectivity index (χ1) is 9.15.